The number of carbonyl (C=O) groups excluding carboxylic acids is 4. The first-order valence-corrected chi connectivity index (χ1v) is 16.7. The van der Waals surface area contributed by atoms with Crippen molar-refractivity contribution in [3.05, 3.63) is 65.9 Å². The molecule has 3 aromatic rings. The van der Waals surface area contributed by atoms with E-state index in [1.165, 1.54) is 0 Å². The van der Waals surface area contributed by atoms with Crippen LogP contribution in [0, 0.1) is 0 Å². The molecule has 1 aliphatic carbocycles. The Kier molecular flexibility index (Phi) is 8.67. The first kappa shape index (κ1) is 32.4. The van der Waals surface area contributed by atoms with E-state index in [1.807, 2.05) is 64.5 Å². The molecule has 3 aliphatic rings. The van der Waals surface area contributed by atoms with Crippen LogP contribution in [0.3, 0.4) is 0 Å². The summed E-state index contributed by atoms with van der Waals surface area (Å²) < 4.78 is 5.53. The van der Waals surface area contributed by atoms with E-state index in [2.05, 4.69) is 20.9 Å². The van der Waals surface area contributed by atoms with Gasteiger partial charge in [-0.05, 0) is 76.1 Å². The predicted octanol–water partition coefficient (Wildman–Crippen LogP) is 4.80. The number of fused-ring (bicyclic) bond motifs is 2. The number of nitrogens with one attached hydrogen (secondary N) is 4. The number of aromatic amines is 1. The molecule has 1 aromatic heterocycles. The van der Waals surface area contributed by atoms with E-state index in [9.17, 15) is 19.2 Å². The third kappa shape index (κ3) is 6.40. The van der Waals surface area contributed by atoms with Gasteiger partial charge in [-0.25, -0.2) is 9.59 Å². The standard InChI is InChI=1S/C36H46N6O5/c1-34(2,3)47-33(46)40-36(17-9-10-18-36)31(44)39-28(20-25-22-38-27-14-7-6-13-26(25)27)30(43)41-19-11-16-35(23-41)21-24-12-5-8-15-29(24)42(35)32(45)37-4/h5-8,12-15,22,28,38H,9-11,16-21,23H2,1-4H3,(H,37,45)(H,39,44)(H,40,46)/t28-,35?/m1/s1. The fourth-order valence-electron chi connectivity index (χ4n) is 7.76. The number of carbonyl (C=O) groups is 4. The molecule has 5 amide bonds. The number of aromatic nitrogens is 1. The van der Waals surface area contributed by atoms with Crippen molar-refractivity contribution >= 4 is 40.5 Å². The molecule has 1 spiro atoms. The second-order valence-corrected chi connectivity index (χ2v) is 14.3. The zero-order chi connectivity index (χ0) is 33.4. The second kappa shape index (κ2) is 12.6. The first-order valence-electron chi connectivity index (χ1n) is 16.7. The maximum atomic E-state index is 14.7. The number of benzene rings is 2. The first-order chi connectivity index (χ1) is 22.4. The predicted molar refractivity (Wildman–Crippen MR) is 180 cm³/mol. The number of urea groups is 1. The van der Waals surface area contributed by atoms with Gasteiger partial charge >= 0.3 is 12.1 Å². The molecule has 0 bridgehead atoms. The molecule has 0 radical (unpaired) electrons. The number of hydrogen-bond acceptors (Lipinski definition) is 5. The van der Waals surface area contributed by atoms with Crippen LogP contribution in [0.25, 0.3) is 10.9 Å². The highest BCUT2D eigenvalue weighted by Crippen LogP contribution is 2.44. The number of nitrogens with zero attached hydrogens (tertiary/aromatic N) is 2. The van der Waals surface area contributed by atoms with Crippen LogP contribution in [0.15, 0.2) is 54.7 Å². The summed E-state index contributed by atoms with van der Waals surface area (Å²) >= 11 is 0. The van der Waals surface area contributed by atoms with E-state index in [-0.39, 0.29) is 24.3 Å². The lowest BCUT2D eigenvalue weighted by Crippen LogP contribution is -2.65. The van der Waals surface area contributed by atoms with Gasteiger partial charge in [0.1, 0.15) is 17.2 Å². The highest BCUT2D eigenvalue weighted by molar-refractivity contribution is 5.97. The van der Waals surface area contributed by atoms with Gasteiger partial charge in [0.05, 0.1) is 5.54 Å². The van der Waals surface area contributed by atoms with E-state index in [4.69, 9.17) is 4.74 Å². The van der Waals surface area contributed by atoms with Gasteiger partial charge in [-0.2, -0.15) is 0 Å². The summed E-state index contributed by atoms with van der Waals surface area (Å²) in [6.07, 6.45) is 6.07. The van der Waals surface area contributed by atoms with Gasteiger partial charge in [-0.15, -0.1) is 0 Å². The summed E-state index contributed by atoms with van der Waals surface area (Å²) in [6.45, 7) is 6.20. The molecule has 2 aromatic carbocycles. The summed E-state index contributed by atoms with van der Waals surface area (Å²) in [6, 6.07) is 14.7. The summed E-state index contributed by atoms with van der Waals surface area (Å²) in [7, 11) is 1.62. The highest BCUT2D eigenvalue weighted by atomic mass is 16.6. The SMILES string of the molecule is CNC(=O)N1c2ccccc2CC12CCCN(C(=O)[C@@H](Cc1c[nH]c3ccccc13)NC(=O)C1(NC(=O)OC(C)(C)C)CCCC1)C2. The van der Waals surface area contributed by atoms with E-state index < -0.39 is 28.8 Å². The quantitative estimate of drug-likeness (QED) is 0.307. The number of rotatable bonds is 6. The third-order valence-electron chi connectivity index (χ3n) is 9.84. The summed E-state index contributed by atoms with van der Waals surface area (Å²) in [5.41, 5.74) is 1.30. The number of alkyl carbamates (subject to hydrolysis) is 1. The van der Waals surface area contributed by atoms with Crippen LogP contribution in [-0.4, -0.2) is 76.7 Å². The van der Waals surface area contributed by atoms with Gasteiger partial charge in [-0.1, -0.05) is 49.2 Å². The molecule has 250 valence electrons. The second-order valence-electron chi connectivity index (χ2n) is 14.3. The molecule has 11 nitrogen and oxygen atoms in total. The molecule has 3 heterocycles. The molecule has 1 saturated carbocycles. The zero-order valence-electron chi connectivity index (χ0n) is 27.8. The lowest BCUT2D eigenvalue weighted by Gasteiger charge is -2.46. The summed E-state index contributed by atoms with van der Waals surface area (Å²) in [5, 5.41) is 9.77. The van der Waals surface area contributed by atoms with Gasteiger partial charge in [0, 0.05) is 49.3 Å². The smallest absolute Gasteiger partial charge is 0.408 e. The molecular formula is C36H46N6O5. The number of anilines is 1. The molecule has 2 fully saturated rings. The maximum Gasteiger partial charge on any atom is 0.408 e. The van der Waals surface area contributed by atoms with Crippen molar-refractivity contribution in [3.63, 3.8) is 0 Å². The molecule has 1 unspecified atom stereocenters. The van der Waals surface area contributed by atoms with E-state index in [0.717, 1.165) is 47.0 Å². The van der Waals surface area contributed by atoms with Crippen LogP contribution >= 0.6 is 0 Å². The number of ether oxygens (including phenoxy) is 1. The fraction of sp³-hybridized carbons (Fsp3) is 0.500. The molecule has 4 N–H and O–H groups in total. The van der Waals surface area contributed by atoms with Crippen molar-refractivity contribution in [2.45, 2.75) is 94.9 Å². The van der Waals surface area contributed by atoms with E-state index >= 15 is 0 Å². The Morgan fingerprint density at radius 3 is 2.45 bits per heavy atom. The van der Waals surface area contributed by atoms with Crippen LogP contribution < -0.4 is 20.9 Å². The Morgan fingerprint density at radius 1 is 0.979 bits per heavy atom. The Labute approximate surface area is 275 Å². The minimum absolute atomic E-state index is 0.204. The number of H-pyrrole nitrogens is 1. The van der Waals surface area contributed by atoms with Gasteiger partial charge in [0.25, 0.3) is 0 Å². The van der Waals surface area contributed by atoms with Crippen molar-refractivity contribution in [2.75, 3.05) is 25.0 Å². The minimum Gasteiger partial charge on any atom is -0.444 e. The molecule has 2 atom stereocenters. The number of piperidine rings is 1. The van der Waals surface area contributed by atoms with Crippen molar-refractivity contribution in [2.24, 2.45) is 0 Å². The fourth-order valence-corrected chi connectivity index (χ4v) is 7.76. The molecule has 47 heavy (non-hydrogen) atoms. The van der Waals surface area contributed by atoms with Crippen LogP contribution in [0.2, 0.25) is 0 Å². The molecule has 6 rings (SSSR count). The van der Waals surface area contributed by atoms with Gasteiger partial charge in [0.15, 0.2) is 0 Å². The van der Waals surface area contributed by atoms with Crippen molar-refractivity contribution in [1.29, 1.82) is 0 Å². The van der Waals surface area contributed by atoms with Crippen LogP contribution in [0.5, 0.6) is 0 Å². The lowest BCUT2D eigenvalue weighted by atomic mass is 9.84. The van der Waals surface area contributed by atoms with Crippen LogP contribution in [0.1, 0.15) is 70.4 Å². The highest BCUT2D eigenvalue weighted by Gasteiger charge is 2.51. The molecule has 11 heteroatoms. The normalized spacial score (nSPS) is 20.9. The van der Waals surface area contributed by atoms with E-state index in [1.54, 1.807) is 27.8 Å². The Morgan fingerprint density at radius 2 is 1.70 bits per heavy atom. The van der Waals surface area contributed by atoms with Crippen molar-refractivity contribution < 1.29 is 23.9 Å². The molecular weight excluding hydrogens is 596 g/mol. The van der Waals surface area contributed by atoms with Crippen molar-refractivity contribution in [3.8, 4) is 0 Å². The number of amides is 5. The minimum atomic E-state index is -1.17. The lowest BCUT2D eigenvalue weighted by molar-refractivity contribution is -0.139. The monoisotopic (exact) mass is 642 g/mol. The van der Waals surface area contributed by atoms with Crippen LogP contribution in [0.4, 0.5) is 15.3 Å². The maximum absolute atomic E-state index is 14.7. The number of likely N-dealkylation sites (tertiary alicyclic amines) is 1. The number of para-hydroxylation sites is 2. The topological polar surface area (TPSA) is 136 Å². The van der Waals surface area contributed by atoms with Gasteiger partial charge in [-0.3, -0.25) is 14.5 Å². The average molecular weight is 643 g/mol. The van der Waals surface area contributed by atoms with Gasteiger partial charge in [0.2, 0.25) is 11.8 Å². The summed E-state index contributed by atoms with van der Waals surface area (Å²) in [5.74, 6) is -0.591. The molecule has 1 saturated heterocycles. The van der Waals surface area contributed by atoms with E-state index in [0.29, 0.717) is 38.8 Å². The average Bonchev–Trinajstić information content (AvgIpc) is 3.75. The summed E-state index contributed by atoms with van der Waals surface area (Å²) in [4.78, 5) is 62.0. The Hall–Kier alpha value is -4.54. The third-order valence-corrected chi connectivity index (χ3v) is 9.84. The number of hydrogen-bond donors (Lipinski definition) is 4. The van der Waals surface area contributed by atoms with Gasteiger partial charge < -0.3 is 30.6 Å². The Balaban J connectivity index is 1.30. The largest absolute Gasteiger partial charge is 0.444 e. The Bertz CT molecular complexity index is 1670. The zero-order valence-corrected chi connectivity index (χ0v) is 27.8. The van der Waals surface area contributed by atoms with Crippen LogP contribution in [-0.2, 0) is 27.2 Å². The molecule has 2 aliphatic heterocycles. The van der Waals surface area contributed by atoms with Crippen molar-refractivity contribution in [1.82, 2.24) is 25.8 Å².